The predicted molar refractivity (Wildman–Crippen MR) is 118 cm³/mol. The average molecular weight is 456 g/mol. The molecule has 6 nitrogen and oxygen atoms in total. The van der Waals surface area contributed by atoms with Crippen LogP contribution in [0.15, 0.2) is 41.2 Å². The average Bonchev–Trinajstić information content (AvgIpc) is 3.33. The zero-order chi connectivity index (χ0) is 22.0. The number of aromatic nitrogens is 1. The van der Waals surface area contributed by atoms with Crippen molar-refractivity contribution in [3.05, 3.63) is 71.5 Å². The number of thiophene rings is 1. The van der Waals surface area contributed by atoms with Crippen LogP contribution in [0.3, 0.4) is 0 Å². The fourth-order valence-electron chi connectivity index (χ4n) is 3.25. The summed E-state index contributed by atoms with van der Waals surface area (Å²) in [6.07, 6.45) is 1.75. The lowest BCUT2D eigenvalue weighted by atomic mass is 10.2. The lowest BCUT2D eigenvalue weighted by Crippen LogP contribution is -2.42. The normalized spacial score (nSPS) is 15.6. The van der Waals surface area contributed by atoms with Gasteiger partial charge in [0.1, 0.15) is 16.5 Å². The van der Waals surface area contributed by atoms with Gasteiger partial charge in [-0.2, -0.15) is 5.26 Å². The van der Waals surface area contributed by atoms with Crippen molar-refractivity contribution in [2.45, 2.75) is 6.92 Å². The first kappa shape index (κ1) is 21.2. The molecule has 1 amide bonds. The third-order valence-electron chi connectivity index (χ3n) is 4.78. The van der Waals surface area contributed by atoms with Crippen molar-refractivity contribution in [1.29, 1.82) is 5.26 Å². The standard InChI is InChI=1S/C22H18FN3O3S2/c1-14-2-7-17(30-14)12-19-21(28)26(16-5-3-15(23)4-6-16)22(31-19)18(13-24)20(27)25-8-10-29-11-9-25/h2-7,12H,8-11H2,1H3. The summed E-state index contributed by atoms with van der Waals surface area (Å²) in [5, 5.41) is 9.85. The molecule has 0 N–H and O–H groups in total. The SMILES string of the molecule is Cc1ccc(C=c2sc(=C(C#N)C(=O)N3CCOCC3)n(-c3ccc(F)cc3)c2=O)s1. The van der Waals surface area contributed by atoms with Crippen LogP contribution in [0.2, 0.25) is 0 Å². The summed E-state index contributed by atoms with van der Waals surface area (Å²) in [6.45, 7) is 3.53. The van der Waals surface area contributed by atoms with Crippen LogP contribution in [-0.4, -0.2) is 41.7 Å². The van der Waals surface area contributed by atoms with Gasteiger partial charge in [-0.1, -0.05) is 0 Å². The molecule has 3 heterocycles. The first-order chi connectivity index (χ1) is 15.0. The Kier molecular flexibility index (Phi) is 6.13. The Morgan fingerprint density at radius 2 is 1.87 bits per heavy atom. The van der Waals surface area contributed by atoms with Crippen molar-refractivity contribution < 1.29 is 13.9 Å². The molecule has 0 bridgehead atoms. The van der Waals surface area contributed by atoms with Crippen LogP contribution >= 0.6 is 22.7 Å². The summed E-state index contributed by atoms with van der Waals surface area (Å²) in [4.78, 5) is 29.9. The van der Waals surface area contributed by atoms with E-state index in [2.05, 4.69) is 0 Å². The van der Waals surface area contributed by atoms with Gasteiger partial charge in [0, 0.05) is 22.8 Å². The molecule has 0 radical (unpaired) electrons. The maximum absolute atomic E-state index is 13.5. The van der Waals surface area contributed by atoms with Crippen molar-refractivity contribution >= 4 is 40.2 Å². The Bertz CT molecular complexity index is 1340. The summed E-state index contributed by atoms with van der Waals surface area (Å²) < 4.78 is 20.7. The zero-order valence-electron chi connectivity index (χ0n) is 16.6. The number of carbonyl (C=O) groups excluding carboxylic acids is 1. The Balaban J connectivity index is 1.98. The first-order valence-corrected chi connectivity index (χ1v) is 11.2. The van der Waals surface area contributed by atoms with Crippen molar-refractivity contribution in [2.75, 3.05) is 26.3 Å². The number of benzene rings is 1. The quantitative estimate of drug-likeness (QED) is 0.603. The minimum absolute atomic E-state index is 0.115. The molecular weight excluding hydrogens is 437 g/mol. The Morgan fingerprint density at radius 3 is 2.48 bits per heavy atom. The molecule has 0 unspecified atom stereocenters. The summed E-state index contributed by atoms with van der Waals surface area (Å²) in [6, 6.07) is 11.3. The second-order valence-corrected chi connectivity index (χ2v) is 9.22. The van der Waals surface area contributed by atoms with Crippen LogP contribution < -0.4 is 14.8 Å². The highest BCUT2D eigenvalue weighted by Crippen LogP contribution is 2.15. The second kappa shape index (κ2) is 8.98. The number of nitrogens with zero attached hydrogens (tertiary/aromatic N) is 3. The third-order valence-corrected chi connectivity index (χ3v) is 6.82. The number of nitriles is 1. The molecule has 1 aromatic carbocycles. The molecule has 0 aliphatic carbocycles. The van der Waals surface area contributed by atoms with E-state index in [1.54, 1.807) is 11.0 Å². The number of morpholine rings is 1. The van der Waals surface area contributed by atoms with Crippen molar-refractivity contribution in [1.82, 2.24) is 9.47 Å². The van der Waals surface area contributed by atoms with Crippen LogP contribution in [0.4, 0.5) is 4.39 Å². The maximum Gasteiger partial charge on any atom is 0.273 e. The van der Waals surface area contributed by atoms with E-state index in [0.717, 1.165) is 21.1 Å². The van der Waals surface area contributed by atoms with E-state index >= 15 is 0 Å². The smallest absolute Gasteiger partial charge is 0.273 e. The van der Waals surface area contributed by atoms with Gasteiger partial charge in [0.2, 0.25) is 0 Å². The summed E-state index contributed by atoms with van der Waals surface area (Å²) in [5.74, 6) is -0.885. The van der Waals surface area contributed by atoms with E-state index in [0.29, 0.717) is 36.5 Å². The van der Waals surface area contributed by atoms with Crippen molar-refractivity contribution in [2.24, 2.45) is 0 Å². The number of aryl methyl sites for hydroxylation is 1. The molecule has 9 heteroatoms. The van der Waals surface area contributed by atoms with Gasteiger partial charge in [-0.05, 0) is 49.4 Å². The van der Waals surface area contributed by atoms with Gasteiger partial charge >= 0.3 is 0 Å². The van der Waals surface area contributed by atoms with E-state index in [1.807, 2.05) is 25.1 Å². The molecule has 0 spiro atoms. The fraction of sp³-hybridized carbons (Fsp3) is 0.227. The van der Waals surface area contributed by atoms with Crippen LogP contribution in [0.5, 0.6) is 0 Å². The van der Waals surface area contributed by atoms with E-state index < -0.39 is 11.7 Å². The highest BCUT2D eigenvalue weighted by molar-refractivity contribution is 7.13. The number of thiazole rings is 1. The summed E-state index contributed by atoms with van der Waals surface area (Å²) >= 11 is 2.62. The number of rotatable bonds is 3. The second-order valence-electron chi connectivity index (χ2n) is 6.87. The molecule has 4 rings (SSSR count). The van der Waals surface area contributed by atoms with Gasteiger partial charge in [-0.15, -0.1) is 22.7 Å². The van der Waals surface area contributed by atoms with E-state index in [1.165, 1.54) is 40.2 Å². The largest absolute Gasteiger partial charge is 0.378 e. The van der Waals surface area contributed by atoms with Gasteiger partial charge < -0.3 is 9.64 Å². The first-order valence-electron chi connectivity index (χ1n) is 9.55. The molecule has 1 aliphatic rings. The number of amides is 1. The molecular formula is C22H18FN3O3S2. The van der Waals surface area contributed by atoms with E-state index in [4.69, 9.17) is 4.74 Å². The number of hydrogen-bond donors (Lipinski definition) is 0. The van der Waals surface area contributed by atoms with Crippen LogP contribution in [0.1, 0.15) is 9.75 Å². The van der Waals surface area contributed by atoms with E-state index in [9.17, 15) is 19.2 Å². The molecule has 1 aliphatic heterocycles. The van der Waals surface area contributed by atoms with Crippen molar-refractivity contribution in [3.63, 3.8) is 0 Å². The van der Waals surface area contributed by atoms with Gasteiger partial charge in [-0.3, -0.25) is 14.2 Å². The molecule has 1 saturated heterocycles. The predicted octanol–water partition coefficient (Wildman–Crippen LogP) is 1.77. The van der Waals surface area contributed by atoms with Gasteiger partial charge in [0.05, 0.1) is 23.4 Å². The number of hydrogen-bond acceptors (Lipinski definition) is 6. The molecule has 0 atom stereocenters. The maximum atomic E-state index is 13.5. The highest BCUT2D eigenvalue weighted by Gasteiger charge is 2.24. The molecule has 2 aromatic heterocycles. The Hall–Kier alpha value is -3.06. The minimum atomic E-state index is -0.443. The van der Waals surface area contributed by atoms with Gasteiger partial charge in [-0.25, -0.2) is 4.39 Å². The molecule has 1 fully saturated rings. The number of ether oxygens (including phenoxy) is 1. The molecule has 0 saturated carbocycles. The topological polar surface area (TPSA) is 75.3 Å². The number of halogens is 1. The zero-order valence-corrected chi connectivity index (χ0v) is 18.3. The molecule has 3 aromatic rings. The highest BCUT2D eigenvalue weighted by atomic mass is 32.1. The Morgan fingerprint density at radius 1 is 1.16 bits per heavy atom. The monoisotopic (exact) mass is 455 g/mol. The lowest BCUT2D eigenvalue weighted by molar-refractivity contribution is -0.128. The van der Waals surface area contributed by atoms with Crippen LogP contribution in [0.25, 0.3) is 17.3 Å². The van der Waals surface area contributed by atoms with Crippen molar-refractivity contribution in [3.8, 4) is 11.8 Å². The molecule has 31 heavy (non-hydrogen) atoms. The summed E-state index contributed by atoms with van der Waals surface area (Å²) in [5.41, 5.74) is -0.0855. The van der Waals surface area contributed by atoms with Gasteiger partial charge in [0.25, 0.3) is 11.5 Å². The lowest BCUT2D eigenvalue weighted by Gasteiger charge is -2.26. The molecule has 158 valence electrons. The fourth-order valence-corrected chi connectivity index (χ4v) is 5.23. The van der Waals surface area contributed by atoms with E-state index in [-0.39, 0.29) is 15.8 Å². The Labute approximate surface area is 185 Å². The number of carbonyl (C=O) groups is 1. The van der Waals surface area contributed by atoms with Crippen LogP contribution in [-0.2, 0) is 9.53 Å². The van der Waals surface area contributed by atoms with Gasteiger partial charge in [0.15, 0.2) is 5.57 Å². The minimum Gasteiger partial charge on any atom is -0.378 e. The summed E-state index contributed by atoms with van der Waals surface area (Å²) in [7, 11) is 0. The van der Waals surface area contributed by atoms with Crippen LogP contribution in [0, 0.1) is 24.1 Å². The third kappa shape index (κ3) is 4.37.